The van der Waals surface area contributed by atoms with Crippen molar-refractivity contribution >= 4 is 11.7 Å². The molecule has 1 aliphatic heterocycles. The second-order valence-corrected chi connectivity index (χ2v) is 9.48. The Labute approximate surface area is 187 Å². The third-order valence-electron chi connectivity index (χ3n) is 5.76. The second-order valence-electron chi connectivity index (χ2n) is 9.48. The fraction of sp³-hybridized carbons (Fsp3) is 0.500. The van der Waals surface area contributed by atoms with Gasteiger partial charge in [-0.3, -0.25) is 4.90 Å². The highest BCUT2D eigenvalue weighted by Gasteiger charge is 2.17. The molecule has 0 atom stereocenters. The van der Waals surface area contributed by atoms with Crippen molar-refractivity contribution in [1.29, 1.82) is 0 Å². The normalized spacial score (nSPS) is 15.0. The number of aryl methyl sites for hydroxylation is 1. The lowest BCUT2D eigenvalue weighted by Crippen LogP contribution is -2.40. The lowest BCUT2D eigenvalue weighted by molar-refractivity contribution is 0.0365. The number of hydrogen-bond acceptors (Lipinski definition) is 3. The number of rotatable bonds is 7. The molecule has 3 rings (SSSR count). The quantitative estimate of drug-likeness (QED) is 0.678. The number of amides is 2. The molecule has 0 bridgehead atoms. The first-order valence-corrected chi connectivity index (χ1v) is 11.3. The van der Waals surface area contributed by atoms with Crippen LogP contribution in [-0.4, -0.2) is 55.2 Å². The summed E-state index contributed by atoms with van der Waals surface area (Å²) in [6.45, 7) is 14.6. The molecule has 0 radical (unpaired) electrons. The number of carbonyl (C=O) groups excluding carboxylic acids is 1. The average Bonchev–Trinajstić information content (AvgIpc) is 2.73. The smallest absolute Gasteiger partial charge is 0.322 e. The number of anilines is 1. The highest BCUT2D eigenvalue weighted by Crippen LogP contribution is 2.23. The Morgan fingerprint density at radius 3 is 2.45 bits per heavy atom. The van der Waals surface area contributed by atoms with Gasteiger partial charge in [-0.05, 0) is 47.6 Å². The Morgan fingerprint density at radius 2 is 1.81 bits per heavy atom. The summed E-state index contributed by atoms with van der Waals surface area (Å²) >= 11 is 0. The molecule has 1 N–H and O–H groups in total. The van der Waals surface area contributed by atoms with E-state index in [1.54, 1.807) is 0 Å². The van der Waals surface area contributed by atoms with E-state index >= 15 is 0 Å². The number of nitrogens with zero attached hydrogens (tertiary/aromatic N) is 2. The third kappa shape index (κ3) is 7.37. The van der Waals surface area contributed by atoms with Crippen molar-refractivity contribution in [2.75, 3.05) is 44.7 Å². The van der Waals surface area contributed by atoms with Crippen LogP contribution in [-0.2, 0) is 16.7 Å². The predicted molar refractivity (Wildman–Crippen MR) is 128 cm³/mol. The van der Waals surface area contributed by atoms with Crippen molar-refractivity contribution in [3.63, 3.8) is 0 Å². The Hall–Kier alpha value is -2.37. The highest BCUT2D eigenvalue weighted by atomic mass is 16.5. The molecule has 5 nitrogen and oxygen atoms in total. The van der Waals surface area contributed by atoms with Gasteiger partial charge in [0, 0.05) is 38.4 Å². The molecule has 31 heavy (non-hydrogen) atoms. The van der Waals surface area contributed by atoms with Crippen molar-refractivity contribution in [2.45, 2.75) is 46.1 Å². The van der Waals surface area contributed by atoms with E-state index < -0.39 is 0 Å². The number of nitrogens with one attached hydrogen (secondary N) is 1. The fourth-order valence-corrected chi connectivity index (χ4v) is 3.82. The maximum absolute atomic E-state index is 13.1. The largest absolute Gasteiger partial charge is 0.379 e. The van der Waals surface area contributed by atoms with E-state index in [1.165, 1.54) is 5.56 Å². The van der Waals surface area contributed by atoms with E-state index in [1.807, 2.05) is 36.1 Å². The number of carbonyl (C=O) groups is 1. The molecule has 1 aliphatic rings. The second kappa shape index (κ2) is 10.8. The number of benzene rings is 2. The minimum atomic E-state index is -0.0486. The van der Waals surface area contributed by atoms with Gasteiger partial charge in [0.2, 0.25) is 0 Å². The van der Waals surface area contributed by atoms with Gasteiger partial charge in [-0.2, -0.15) is 0 Å². The van der Waals surface area contributed by atoms with Gasteiger partial charge in [0.1, 0.15) is 0 Å². The summed E-state index contributed by atoms with van der Waals surface area (Å²) in [4.78, 5) is 17.5. The third-order valence-corrected chi connectivity index (χ3v) is 5.76. The lowest BCUT2D eigenvalue weighted by Gasteiger charge is -2.28. The van der Waals surface area contributed by atoms with Crippen LogP contribution in [0.5, 0.6) is 0 Å². The zero-order valence-electron chi connectivity index (χ0n) is 19.5. The maximum Gasteiger partial charge on any atom is 0.322 e. The van der Waals surface area contributed by atoms with Crippen molar-refractivity contribution in [3.8, 4) is 0 Å². The molecule has 2 aromatic carbocycles. The van der Waals surface area contributed by atoms with Crippen LogP contribution in [0.4, 0.5) is 10.5 Å². The van der Waals surface area contributed by atoms with Crippen LogP contribution in [0, 0.1) is 6.92 Å². The van der Waals surface area contributed by atoms with Gasteiger partial charge in [0.05, 0.1) is 13.2 Å². The summed E-state index contributed by atoms with van der Waals surface area (Å²) in [6.07, 6.45) is 0.946. The molecule has 0 saturated carbocycles. The van der Waals surface area contributed by atoms with E-state index in [-0.39, 0.29) is 11.4 Å². The summed E-state index contributed by atoms with van der Waals surface area (Å²) in [7, 11) is 0. The summed E-state index contributed by atoms with van der Waals surface area (Å²) in [5.41, 5.74) is 4.55. The Morgan fingerprint density at radius 1 is 1.10 bits per heavy atom. The average molecular weight is 424 g/mol. The van der Waals surface area contributed by atoms with Crippen LogP contribution in [0.2, 0.25) is 0 Å². The zero-order valence-corrected chi connectivity index (χ0v) is 19.5. The summed E-state index contributed by atoms with van der Waals surface area (Å²) in [5.74, 6) is 0. The van der Waals surface area contributed by atoms with Crippen LogP contribution in [0.3, 0.4) is 0 Å². The fourth-order valence-electron chi connectivity index (χ4n) is 3.82. The van der Waals surface area contributed by atoms with Crippen LogP contribution < -0.4 is 5.32 Å². The molecule has 0 spiro atoms. The summed E-state index contributed by atoms with van der Waals surface area (Å²) in [5, 5.41) is 3.08. The molecule has 0 unspecified atom stereocenters. The standard InChI is InChI=1S/C26H37N3O2/c1-21-7-5-8-24(19-21)27-25(30)29(14-6-13-28-15-17-31-18-16-28)20-22-9-11-23(12-10-22)26(2,3)4/h5,7-12,19H,6,13-18,20H2,1-4H3,(H,27,30). The molecular formula is C26H37N3O2. The van der Waals surface area contributed by atoms with Crippen molar-refractivity contribution in [1.82, 2.24) is 9.80 Å². The van der Waals surface area contributed by atoms with Gasteiger partial charge >= 0.3 is 6.03 Å². The lowest BCUT2D eigenvalue weighted by atomic mass is 9.87. The van der Waals surface area contributed by atoms with E-state index in [2.05, 4.69) is 55.3 Å². The van der Waals surface area contributed by atoms with E-state index in [9.17, 15) is 4.79 Å². The monoisotopic (exact) mass is 423 g/mol. The zero-order chi connectivity index (χ0) is 22.3. The molecule has 1 saturated heterocycles. The number of ether oxygens (including phenoxy) is 1. The van der Waals surface area contributed by atoms with Gasteiger partial charge in [0.25, 0.3) is 0 Å². The van der Waals surface area contributed by atoms with Crippen LogP contribution in [0.15, 0.2) is 48.5 Å². The first kappa shape index (κ1) is 23.3. The number of hydrogen-bond donors (Lipinski definition) is 1. The summed E-state index contributed by atoms with van der Waals surface area (Å²) < 4.78 is 5.44. The van der Waals surface area contributed by atoms with Gasteiger partial charge in [-0.15, -0.1) is 0 Å². The molecular weight excluding hydrogens is 386 g/mol. The van der Waals surface area contributed by atoms with Gasteiger partial charge in [-0.25, -0.2) is 4.79 Å². The molecule has 2 aromatic rings. The van der Waals surface area contributed by atoms with Crippen molar-refractivity contribution < 1.29 is 9.53 Å². The Bertz CT molecular complexity index is 836. The van der Waals surface area contributed by atoms with Crippen LogP contribution in [0.1, 0.15) is 43.9 Å². The van der Waals surface area contributed by atoms with Crippen molar-refractivity contribution in [2.24, 2.45) is 0 Å². The first-order valence-electron chi connectivity index (χ1n) is 11.3. The summed E-state index contributed by atoms with van der Waals surface area (Å²) in [6, 6.07) is 16.6. The minimum absolute atomic E-state index is 0.0486. The first-order chi connectivity index (χ1) is 14.8. The molecule has 0 aromatic heterocycles. The number of urea groups is 1. The Kier molecular flexibility index (Phi) is 8.10. The number of morpholine rings is 1. The van der Waals surface area contributed by atoms with Gasteiger partial charge in [0.15, 0.2) is 0 Å². The van der Waals surface area contributed by atoms with Crippen LogP contribution in [0.25, 0.3) is 0 Å². The molecule has 5 heteroatoms. The van der Waals surface area contributed by atoms with E-state index in [4.69, 9.17) is 4.74 Å². The van der Waals surface area contributed by atoms with E-state index in [0.29, 0.717) is 6.54 Å². The predicted octanol–water partition coefficient (Wildman–Crippen LogP) is 5.05. The molecule has 168 valence electrons. The van der Waals surface area contributed by atoms with Crippen LogP contribution >= 0.6 is 0 Å². The molecule has 0 aliphatic carbocycles. The maximum atomic E-state index is 13.1. The SMILES string of the molecule is Cc1cccc(NC(=O)N(CCCN2CCOCC2)Cc2ccc(C(C)(C)C)cc2)c1. The molecule has 1 fully saturated rings. The van der Waals surface area contributed by atoms with Gasteiger partial charge in [-0.1, -0.05) is 57.2 Å². The van der Waals surface area contributed by atoms with Crippen molar-refractivity contribution in [3.05, 3.63) is 65.2 Å². The topological polar surface area (TPSA) is 44.8 Å². The van der Waals surface area contributed by atoms with Gasteiger partial charge < -0.3 is 15.0 Å². The minimum Gasteiger partial charge on any atom is -0.379 e. The Balaban J connectivity index is 1.65. The molecule has 1 heterocycles. The highest BCUT2D eigenvalue weighted by molar-refractivity contribution is 5.89. The van der Waals surface area contributed by atoms with E-state index in [0.717, 1.165) is 62.6 Å². The molecule has 2 amide bonds.